The minimum Gasteiger partial charge on any atom is -0.383 e. The van der Waals surface area contributed by atoms with Crippen LogP contribution in [0, 0.1) is 5.92 Å². The van der Waals surface area contributed by atoms with Gasteiger partial charge in [-0.2, -0.15) is 0 Å². The van der Waals surface area contributed by atoms with Crippen LogP contribution in [0.4, 0.5) is 0 Å². The van der Waals surface area contributed by atoms with Gasteiger partial charge in [0.05, 0.1) is 12.6 Å². The molecule has 0 aromatic heterocycles. The lowest BCUT2D eigenvalue weighted by Gasteiger charge is -2.16. The maximum absolute atomic E-state index is 10.9. The SMILES string of the molecule is COCCNC(CC(C)C)C(N)=O. The van der Waals surface area contributed by atoms with Gasteiger partial charge in [-0.05, 0) is 12.3 Å². The summed E-state index contributed by atoms with van der Waals surface area (Å²) in [4.78, 5) is 10.9. The molecule has 0 spiro atoms. The topological polar surface area (TPSA) is 64.3 Å². The molecular weight excluding hydrogens is 168 g/mol. The Balaban J connectivity index is 3.74. The van der Waals surface area contributed by atoms with Crippen molar-refractivity contribution >= 4 is 5.91 Å². The number of carbonyl (C=O) groups is 1. The number of ether oxygens (including phenoxy) is 1. The van der Waals surface area contributed by atoms with Crippen molar-refractivity contribution in [1.82, 2.24) is 5.32 Å². The van der Waals surface area contributed by atoms with E-state index >= 15 is 0 Å². The van der Waals surface area contributed by atoms with E-state index < -0.39 is 0 Å². The minimum absolute atomic E-state index is 0.227. The Kier molecular flexibility index (Phi) is 6.54. The van der Waals surface area contributed by atoms with Crippen LogP contribution in [0.5, 0.6) is 0 Å². The number of amides is 1. The maximum Gasteiger partial charge on any atom is 0.234 e. The van der Waals surface area contributed by atoms with Crippen LogP contribution in [-0.4, -0.2) is 32.2 Å². The smallest absolute Gasteiger partial charge is 0.234 e. The van der Waals surface area contributed by atoms with Crippen LogP contribution in [0.15, 0.2) is 0 Å². The van der Waals surface area contributed by atoms with Gasteiger partial charge in [0.1, 0.15) is 0 Å². The molecule has 0 saturated carbocycles. The third kappa shape index (κ3) is 6.54. The van der Waals surface area contributed by atoms with Crippen molar-refractivity contribution in [3.8, 4) is 0 Å². The second kappa shape index (κ2) is 6.86. The molecule has 13 heavy (non-hydrogen) atoms. The zero-order valence-electron chi connectivity index (χ0n) is 8.67. The van der Waals surface area contributed by atoms with Gasteiger partial charge in [0.2, 0.25) is 5.91 Å². The second-order valence-electron chi connectivity index (χ2n) is 3.53. The summed E-state index contributed by atoms with van der Waals surface area (Å²) in [7, 11) is 1.63. The summed E-state index contributed by atoms with van der Waals surface area (Å²) in [6.07, 6.45) is 0.777. The number of methoxy groups -OCH3 is 1. The van der Waals surface area contributed by atoms with E-state index in [9.17, 15) is 4.79 Å². The fourth-order valence-electron chi connectivity index (χ4n) is 1.11. The standard InChI is InChI=1S/C9H20N2O2/c1-7(2)6-8(9(10)12)11-4-5-13-3/h7-8,11H,4-6H2,1-3H3,(H2,10,12). The molecule has 1 atom stereocenters. The Labute approximate surface area is 79.8 Å². The van der Waals surface area contributed by atoms with E-state index in [2.05, 4.69) is 19.2 Å². The molecule has 78 valence electrons. The molecule has 0 aromatic rings. The van der Waals surface area contributed by atoms with Crippen molar-refractivity contribution < 1.29 is 9.53 Å². The van der Waals surface area contributed by atoms with E-state index in [0.717, 1.165) is 6.42 Å². The van der Waals surface area contributed by atoms with Crippen molar-refractivity contribution in [3.63, 3.8) is 0 Å². The maximum atomic E-state index is 10.9. The number of hydrogen-bond donors (Lipinski definition) is 2. The predicted molar refractivity (Wildman–Crippen MR) is 52.3 cm³/mol. The molecule has 4 heteroatoms. The molecule has 0 aliphatic carbocycles. The normalized spacial score (nSPS) is 13.2. The van der Waals surface area contributed by atoms with Gasteiger partial charge in [-0.1, -0.05) is 13.8 Å². The van der Waals surface area contributed by atoms with Crippen molar-refractivity contribution in [1.29, 1.82) is 0 Å². The molecule has 4 nitrogen and oxygen atoms in total. The Morgan fingerprint density at radius 2 is 2.15 bits per heavy atom. The number of hydrogen-bond acceptors (Lipinski definition) is 3. The van der Waals surface area contributed by atoms with Crippen LogP contribution in [0.2, 0.25) is 0 Å². The van der Waals surface area contributed by atoms with Gasteiger partial charge in [0.15, 0.2) is 0 Å². The number of nitrogens with one attached hydrogen (secondary N) is 1. The lowest BCUT2D eigenvalue weighted by atomic mass is 10.0. The first-order valence-electron chi connectivity index (χ1n) is 4.59. The molecule has 0 aromatic carbocycles. The fraction of sp³-hybridized carbons (Fsp3) is 0.889. The molecule has 0 aliphatic heterocycles. The third-order valence-corrected chi connectivity index (χ3v) is 1.75. The van der Waals surface area contributed by atoms with Crippen LogP contribution < -0.4 is 11.1 Å². The Bertz CT molecular complexity index is 149. The highest BCUT2D eigenvalue weighted by Gasteiger charge is 2.15. The van der Waals surface area contributed by atoms with E-state index in [-0.39, 0.29) is 11.9 Å². The Hall–Kier alpha value is -0.610. The molecule has 0 heterocycles. The second-order valence-corrected chi connectivity index (χ2v) is 3.53. The highest BCUT2D eigenvalue weighted by molar-refractivity contribution is 5.79. The highest BCUT2D eigenvalue weighted by Crippen LogP contribution is 2.03. The lowest BCUT2D eigenvalue weighted by molar-refractivity contribution is -0.120. The van der Waals surface area contributed by atoms with E-state index in [1.54, 1.807) is 7.11 Å². The molecule has 0 fully saturated rings. The summed E-state index contributed by atoms with van der Waals surface area (Å²) in [5, 5.41) is 3.05. The summed E-state index contributed by atoms with van der Waals surface area (Å²) in [5.41, 5.74) is 5.22. The molecule has 1 amide bonds. The first kappa shape index (κ1) is 12.4. The molecule has 0 rings (SSSR count). The van der Waals surface area contributed by atoms with Crippen molar-refractivity contribution in [2.45, 2.75) is 26.3 Å². The van der Waals surface area contributed by atoms with Gasteiger partial charge < -0.3 is 15.8 Å². The van der Waals surface area contributed by atoms with Crippen LogP contribution in [-0.2, 0) is 9.53 Å². The number of carbonyl (C=O) groups excluding carboxylic acids is 1. The zero-order chi connectivity index (χ0) is 10.3. The summed E-state index contributed by atoms with van der Waals surface area (Å²) in [6, 6.07) is -0.227. The van der Waals surface area contributed by atoms with Crippen molar-refractivity contribution in [2.75, 3.05) is 20.3 Å². The zero-order valence-corrected chi connectivity index (χ0v) is 8.67. The third-order valence-electron chi connectivity index (χ3n) is 1.75. The van der Waals surface area contributed by atoms with E-state index in [1.165, 1.54) is 0 Å². The van der Waals surface area contributed by atoms with Gasteiger partial charge in [0, 0.05) is 13.7 Å². The van der Waals surface area contributed by atoms with Gasteiger partial charge in [-0.15, -0.1) is 0 Å². The Morgan fingerprint density at radius 1 is 1.54 bits per heavy atom. The highest BCUT2D eigenvalue weighted by atomic mass is 16.5. The molecule has 0 aliphatic rings. The monoisotopic (exact) mass is 188 g/mol. The number of nitrogens with two attached hydrogens (primary N) is 1. The number of rotatable bonds is 7. The molecule has 1 unspecified atom stereocenters. The van der Waals surface area contributed by atoms with Crippen LogP contribution in [0.1, 0.15) is 20.3 Å². The first-order valence-corrected chi connectivity index (χ1v) is 4.59. The largest absolute Gasteiger partial charge is 0.383 e. The van der Waals surface area contributed by atoms with Gasteiger partial charge in [0.25, 0.3) is 0 Å². The molecule has 0 saturated heterocycles. The van der Waals surface area contributed by atoms with Gasteiger partial charge in [-0.25, -0.2) is 0 Å². The van der Waals surface area contributed by atoms with Crippen LogP contribution in [0.25, 0.3) is 0 Å². The lowest BCUT2D eigenvalue weighted by Crippen LogP contribution is -2.43. The molecule has 0 bridgehead atoms. The fourth-order valence-corrected chi connectivity index (χ4v) is 1.11. The van der Waals surface area contributed by atoms with Crippen molar-refractivity contribution in [3.05, 3.63) is 0 Å². The molecular formula is C9H20N2O2. The van der Waals surface area contributed by atoms with E-state index in [4.69, 9.17) is 10.5 Å². The van der Waals surface area contributed by atoms with Gasteiger partial charge in [-0.3, -0.25) is 4.79 Å². The summed E-state index contributed by atoms with van der Waals surface area (Å²) in [6.45, 7) is 5.39. The Morgan fingerprint density at radius 3 is 2.54 bits per heavy atom. The predicted octanol–water partition coefficient (Wildman–Crippen LogP) is 0.122. The quantitative estimate of drug-likeness (QED) is 0.558. The summed E-state index contributed by atoms with van der Waals surface area (Å²) in [5.74, 6) is 0.178. The van der Waals surface area contributed by atoms with Crippen molar-refractivity contribution in [2.24, 2.45) is 11.7 Å². The molecule has 3 N–H and O–H groups in total. The average Bonchev–Trinajstić information content (AvgIpc) is 2.02. The van der Waals surface area contributed by atoms with Crippen LogP contribution in [0.3, 0.4) is 0 Å². The summed E-state index contributed by atoms with van der Waals surface area (Å²) >= 11 is 0. The number of primary amides is 1. The van der Waals surface area contributed by atoms with Gasteiger partial charge >= 0.3 is 0 Å². The average molecular weight is 188 g/mol. The van der Waals surface area contributed by atoms with E-state index in [0.29, 0.717) is 19.1 Å². The van der Waals surface area contributed by atoms with E-state index in [1.807, 2.05) is 0 Å². The van der Waals surface area contributed by atoms with Crippen LogP contribution >= 0.6 is 0 Å². The molecule has 0 radical (unpaired) electrons. The summed E-state index contributed by atoms with van der Waals surface area (Å²) < 4.78 is 4.86. The minimum atomic E-state index is -0.287. The first-order chi connectivity index (χ1) is 6.07.